The van der Waals surface area contributed by atoms with Gasteiger partial charge >= 0.3 is 0 Å². The van der Waals surface area contributed by atoms with Crippen LogP contribution in [-0.2, 0) is 17.7 Å². The van der Waals surface area contributed by atoms with Crippen molar-refractivity contribution >= 4 is 11.8 Å². The molecule has 0 aliphatic carbocycles. The van der Waals surface area contributed by atoms with Crippen LogP contribution in [0.5, 0.6) is 0 Å². The van der Waals surface area contributed by atoms with Crippen molar-refractivity contribution < 1.29 is 8.83 Å². The summed E-state index contributed by atoms with van der Waals surface area (Å²) in [5.74, 6) is 3.38. The molecule has 0 atom stereocenters. The minimum atomic E-state index is -0.173. The third-order valence-electron chi connectivity index (χ3n) is 4.43. The predicted molar refractivity (Wildman–Crippen MR) is 111 cm³/mol. The van der Waals surface area contributed by atoms with Crippen LogP contribution in [0.15, 0.2) is 56.7 Å². The standard InChI is InChI=1S/C21H23N5O2S/c1-14-8-5-6-10-16(14)18-23-25-20(26(18)12-15-9-7-11-27-15)29-13-17-22-24-19(28-17)21(2,3)4/h5-11H,12-13H2,1-4H3. The maximum absolute atomic E-state index is 5.81. The first-order valence-corrected chi connectivity index (χ1v) is 10.4. The molecule has 0 spiro atoms. The van der Waals surface area contributed by atoms with E-state index in [0.717, 1.165) is 27.9 Å². The Kier molecular flexibility index (Phi) is 5.27. The number of hydrogen-bond acceptors (Lipinski definition) is 7. The second-order valence-corrected chi connectivity index (χ2v) is 8.77. The Hall–Kier alpha value is -2.87. The number of hydrogen-bond donors (Lipinski definition) is 0. The summed E-state index contributed by atoms with van der Waals surface area (Å²) in [4.78, 5) is 0. The van der Waals surface area contributed by atoms with E-state index in [0.29, 0.717) is 24.1 Å². The summed E-state index contributed by atoms with van der Waals surface area (Å²) < 4.78 is 13.4. The van der Waals surface area contributed by atoms with Gasteiger partial charge in [-0.1, -0.05) is 56.8 Å². The van der Waals surface area contributed by atoms with Crippen LogP contribution in [0.25, 0.3) is 11.4 Å². The Labute approximate surface area is 173 Å². The van der Waals surface area contributed by atoms with Crippen molar-refractivity contribution in [1.29, 1.82) is 0 Å². The Bertz CT molecular complexity index is 1090. The van der Waals surface area contributed by atoms with Gasteiger partial charge < -0.3 is 8.83 Å². The summed E-state index contributed by atoms with van der Waals surface area (Å²) in [6, 6.07) is 12.0. The Morgan fingerprint density at radius 2 is 1.83 bits per heavy atom. The lowest BCUT2D eigenvalue weighted by atomic mass is 9.97. The summed E-state index contributed by atoms with van der Waals surface area (Å²) in [5.41, 5.74) is 2.02. The zero-order valence-electron chi connectivity index (χ0n) is 16.9. The Balaban J connectivity index is 1.63. The van der Waals surface area contributed by atoms with E-state index in [2.05, 4.69) is 44.0 Å². The van der Waals surface area contributed by atoms with Gasteiger partial charge in [0, 0.05) is 11.0 Å². The first kappa shape index (κ1) is 19.4. The highest BCUT2D eigenvalue weighted by Crippen LogP contribution is 2.29. The topological polar surface area (TPSA) is 82.8 Å². The highest BCUT2D eigenvalue weighted by atomic mass is 32.2. The first-order chi connectivity index (χ1) is 13.9. The second kappa shape index (κ2) is 7.87. The van der Waals surface area contributed by atoms with Crippen LogP contribution in [0.2, 0.25) is 0 Å². The van der Waals surface area contributed by atoms with Crippen molar-refractivity contribution in [2.75, 3.05) is 0 Å². The fourth-order valence-electron chi connectivity index (χ4n) is 2.86. The molecule has 0 aliphatic heterocycles. The molecule has 0 N–H and O–H groups in total. The Morgan fingerprint density at radius 1 is 1.00 bits per heavy atom. The van der Waals surface area contributed by atoms with Gasteiger partial charge in [0.2, 0.25) is 11.8 Å². The molecule has 0 radical (unpaired) electrons. The van der Waals surface area contributed by atoms with Crippen LogP contribution >= 0.6 is 11.8 Å². The molecule has 0 aliphatic rings. The number of thioether (sulfide) groups is 1. The largest absolute Gasteiger partial charge is 0.467 e. The van der Waals surface area contributed by atoms with E-state index in [9.17, 15) is 0 Å². The lowest BCUT2D eigenvalue weighted by Crippen LogP contribution is -2.11. The van der Waals surface area contributed by atoms with E-state index >= 15 is 0 Å². The highest BCUT2D eigenvalue weighted by molar-refractivity contribution is 7.98. The molecule has 0 unspecified atom stereocenters. The maximum Gasteiger partial charge on any atom is 0.226 e. The molecule has 0 saturated carbocycles. The molecule has 4 aromatic rings. The van der Waals surface area contributed by atoms with E-state index in [1.165, 1.54) is 11.8 Å². The van der Waals surface area contributed by atoms with Crippen molar-refractivity contribution in [3.05, 3.63) is 65.8 Å². The monoisotopic (exact) mass is 409 g/mol. The average Bonchev–Trinajstić information content (AvgIpc) is 3.42. The lowest BCUT2D eigenvalue weighted by Gasteiger charge is -2.11. The van der Waals surface area contributed by atoms with Crippen LogP contribution in [-0.4, -0.2) is 25.0 Å². The van der Waals surface area contributed by atoms with Crippen LogP contribution in [0.1, 0.15) is 43.9 Å². The molecular formula is C21H23N5O2S. The van der Waals surface area contributed by atoms with Crippen molar-refractivity contribution in [3.63, 3.8) is 0 Å². The summed E-state index contributed by atoms with van der Waals surface area (Å²) in [6.07, 6.45) is 1.67. The zero-order chi connectivity index (χ0) is 20.4. The number of aryl methyl sites for hydroxylation is 1. The van der Waals surface area contributed by atoms with E-state index < -0.39 is 0 Å². The third-order valence-corrected chi connectivity index (χ3v) is 5.38. The summed E-state index contributed by atoms with van der Waals surface area (Å²) in [6.45, 7) is 8.76. The molecule has 0 fully saturated rings. The number of benzene rings is 1. The van der Waals surface area contributed by atoms with Gasteiger partial charge in [-0.3, -0.25) is 4.57 Å². The molecule has 7 nitrogen and oxygen atoms in total. The van der Waals surface area contributed by atoms with Crippen LogP contribution < -0.4 is 0 Å². The fourth-order valence-corrected chi connectivity index (χ4v) is 3.64. The minimum absolute atomic E-state index is 0.173. The van der Waals surface area contributed by atoms with Crippen molar-refractivity contribution in [3.8, 4) is 11.4 Å². The molecule has 0 saturated heterocycles. The molecule has 0 amide bonds. The molecule has 8 heteroatoms. The van der Waals surface area contributed by atoms with E-state index in [4.69, 9.17) is 8.83 Å². The predicted octanol–water partition coefficient (Wildman–Crippen LogP) is 4.87. The molecule has 150 valence electrons. The van der Waals surface area contributed by atoms with Gasteiger partial charge in [-0.2, -0.15) is 0 Å². The summed E-state index contributed by atoms with van der Waals surface area (Å²) in [5, 5.41) is 18.0. The first-order valence-electron chi connectivity index (χ1n) is 9.39. The van der Waals surface area contributed by atoms with Crippen LogP contribution in [0, 0.1) is 6.92 Å². The van der Waals surface area contributed by atoms with E-state index in [1.807, 2.05) is 45.0 Å². The fraction of sp³-hybridized carbons (Fsp3) is 0.333. The van der Waals surface area contributed by atoms with Gasteiger partial charge in [0.25, 0.3) is 0 Å². The van der Waals surface area contributed by atoms with Gasteiger partial charge in [0.05, 0.1) is 18.6 Å². The quantitative estimate of drug-likeness (QED) is 0.420. The smallest absolute Gasteiger partial charge is 0.226 e. The molecule has 29 heavy (non-hydrogen) atoms. The molecule has 4 rings (SSSR count). The highest BCUT2D eigenvalue weighted by Gasteiger charge is 2.22. The SMILES string of the molecule is Cc1ccccc1-c1nnc(SCc2nnc(C(C)(C)C)o2)n1Cc1ccco1. The molecule has 3 heterocycles. The normalized spacial score (nSPS) is 11.9. The molecule has 3 aromatic heterocycles. The van der Waals surface area contributed by atoms with Crippen molar-refractivity contribution in [2.45, 2.75) is 50.6 Å². The van der Waals surface area contributed by atoms with Crippen LogP contribution in [0.4, 0.5) is 0 Å². The minimum Gasteiger partial charge on any atom is -0.467 e. The summed E-state index contributed by atoms with van der Waals surface area (Å²) in [7, 11) is 0. The molecular weight excluding hydrogens is 386 g/mol. The van der Waals surface area contributed by atoms with Gasteiger partial charge in [-0.25, -0.2) is 0 Å². The van der Waals surface area contributed by atoms with Gasteiger partial charge in [-0.15, -0.1) is 20.4 Å². The van der Waals surface area contributed by atoms with Crippen molar-refractivity contribution in [2.24, 2.45) is 0 Å². The van der Waals surface area contributed by atoms with Gasteiger partial charge in [0.15, 0.2) is 11.0 Å². The molecule has 0 bridgehead atoms. The average molecular weight is 410 g/mol. The number of aromatic nitrogens is 5. The maximum atomic E-state index is 5.81. The van der Waals surface area contributed by atoms with E-state index in [-0.39, 0.29) is 5.41 Å². The number of furan rings is 1. The van der Waals surface area contributed by atoms with Gasteiger partial charge in [-0.05, 0) is 24.6 Å². The van der Waals surface area contributed by atoms with Crippen molar-refractivity contribution in [1.82, 2.24) is 25.0 Å². The van der Waals surface area contributed by atoms with Crippen LogP contribution in [0.3, 0.4) is 0 Å². The second-order valence-electron chi connectivity index (χ2n) is 7.83. The summed E-state index contributed by atoms with van der Waals surface area (Å²) >= 11 is 1.52. The Morgan fingerprint density at radius 3 is 2.52 bits per heavy atom. The molecule has 1 aromatic carbocycles. The number of nitrogens with zero attached hydrogens (tertiary/aromatic N) is 5. The third kappa shape index (κ3) is 4.27. The zero-order valence-corrected chi connectivity index (χ0v) is 17.7. The van der Waals surface area contributed by atoms with E-state index in [1.54, 1.807) is 6.26 Å². The lowest BCUT2D eigenvalue weighted by molar-refractivity contribution is 0.378. The van der Waals surface area contributed by atoms with Gasteiger partial charge in [0.1, 0.15) is 5.76 Å². The number of rotatable bonds is 6.